The number of para-hydroxylation sites is 1. The molecule has 5 nitrogen and oxygen atoms in total. The summed E-state index contributed by atoms with van der Waals surface area (Å²) >= 11 is 0. The zero-order chi connectivity index (χ0) is 17.6. The summed E-state index contributed by atoms with van der Waals surface area (Å²) in [6.45, 7) is 5.01. The van der Waals surface area contributed by atoms with E-state index in [-0.39, 0.29) is 5.91 Å². The Morgan fingerprint density at radius 3 is 2.92 bits per heavy atom. The van der Waals surface area contributed by atoms with Crippen molar-refractivity contribution in [1.82, 2.24) is 4.90 Å². The average molecular weight is 339 g/mol. The van der Waals surface area contributed by atoms with Gasteiger partial charge in [-0.3, -0.25) is 9.69 Å². The molecule has 1 heterocycles. The molecule has 1 amide bonds. The highest BCUT2D eigenvalue weighted by molar-refractivity contribution is 5.92. The second kappa shape index (κ2) is 8.03. The minimum absolute atomic E-state index is 0.0179. The van der Waals surface area contributed by atoms with Crippen molar-refractivity contribution in [3.8, 4) is 5.75 Å². The molecule has 0 saturated carbocycles. The number of carbonyl (C=O) groups is 1. The molecule has 5 heteroatoms. The second-order valence-corrected chi connectivity index (χ2v) is 6.21. The molecule has 0 bridgehead atoms. The van der Waals surface area contributed by atoms with Crippen molar-refractivity contribution < 1.29 is 9.53 Å². The summed E-state index contributed by atoms with van der Waals surface area (Å²) in [4.78, 5) is 14.5. The van der Waals surface area contributed by atoms with E-state index in [1.165, 1.54) is 16.8 Å². The average Bonchev–Trinajstić information content (AvgIpc) is 3.11. The highest BCUT2D eigenvalue weighted by atomic mass is 16.5. The second-order valence-electron chi connectivity index (χ2n) is 6.21. The molecule has 2 aromatic rings. The van der Waals surface area contributed by atoms with Gasteiger partial charge in [0.2, 0.25) is 5.91 Å². The maximum Gasteiger partial charge on any atom is 0.238 e. The van der Waals surface area contributed by atoms with E-state index in [1.54, 1.807) is 7.11 Å². The molecule has 0 unspecified atom stereocenters. The molecular weight excluding hydrogens is 314 g/mol. The van der Waals surface area contributed by atoms with Gasteiger partial charge in [-0.15, -0.1) is 0 Å². The molecule has 0 aliphatic carbocycles. The lowest BCUT2D eigenvalue weighted by Gasteiger charge is -2.21. The topological polar surface area (TPSA) is 53.6 Å². The van der Waals surface area contributed by atoms with E-state index in [4.69, 9.17) is 4.74 Å². The third kappa shape index (κ3) is 4.31. The fourth-order valence-electron chi connectivity index (χ4n) is 3.17. The predicted molar refractivity (Wildman–Crippen MR) is 101 cm³/mol. The molecule has 0 aromatic heterocycles. The van der Waals surface area contributed by atoms with Crippen molar-refractivity contribution >= 4 is 17.3 Å². The van der Waals surface area contributed by atoms with Crippen molar-refractivity contribution in [2.75, 3.05) is 37.4 Å². The number of hydrogen-bond donors (Lipinski definition) is 2. The van der Waals surface area contributed by atoms with Gasteiger partial charge in [0.05, 0.1) is 13.7 Å². The Morgan fingerprint density at radius 2 is 2.12 bits per heavy atom. The zero-order valence-electron chi connectivity index (χ0n) is 14.8. The van der Waals surface area contributed by atoms with Crippen molar-refractivity contribution in [2.24, 2.45) is 0 Å². The molecule has 0 atom stereocenters. The third-order valence-electron chi connectivity index (χ3n) is 4.50. The van der Waals surface area contributed by atoms with Gasteiger partial charge >= 0.3 is 0 Å². The van der Waals surface area contributed by atoms with Gasteiger partial charge in [-0.2, -0.15) is 0 Å². The Kier molecular flexibility index (Phi) is 5.56. The summed E-state index contributed by atoms with van der Waals surface area (Å²) in [5, 5.41) is 6.41. The Hall–Kier alpha value is -2.53. The normalized spacial score (nSPS) is 12.6. The largest absolute Gasteiger partial charge is 0.497 e. The van der Waals surface area contributed by atoms with E-state index in [2.05, 4.69) is 40.7 Å². The highest BCUT2D eigenvalue weighted by Crippen LogP contribution is 2.27. The van der Waals surface area contributed by atoms with Gasteiger partial charge < -0.3 is 15.4 Å². The summed E-state index contributed by atoms with van der Waals surface area (Å²) < 4.78 is 5.19. The summed E-state index contributed by atoms with van der Waals surface area (Å²) in [6, 6.07) is 13.8. The van der Waals surface area contributed by atoms with Crippen LogP contribution in [0.1, 0.15) is 18.1 Å². The molecule has 132 valence electrons. The number of benzene rings is 2. The lowest BCUT2D eigenvalue weighted by molar-refractivity contribution is -0.117. The van der Waals surface area contributed by atoms with E-state index >= 15 is 0 Å². The number of methoxy groups -OCH3 is 1. The molecule has 2 N–H and O–H groups in total. The van der Waals surface area contributed by atoms with Crippen LogP contribution >= 0.6 is 0 Å². The third-order valence-corrected chi connectivity index (χ3v) is 4.50. The SMILES string of the molecule is CCN(CC(=O)Nc1cccc(OC)c1)Cc1cccc2c1NCC2. The Balaban J connectivity index is 1.62. The van der Waals surface area contributed by atoms with E-state index in [1.807, 2.05) is 24.3 Å². The molecule has 0 spiro atoms. The predicted octanol–water partition coefficient (Wildman–Crippen LogP) is 3.12. The van der Waals surface area contributed by atoms with Crippen LogP contribution in [0.4, 0.5) is 11.4 Å². The molecule has 0 radical (unpaired) electrons. The van der Waals surface area contributed by atoms with Crippen LogP contribution in [0.3, 0.4) is 0 Å². The molecular formula is C20H25N3O2. The summed E-state index contributed by atoms with van der Waals surface area (Å²) in [5.41, 5.74) is 4.62. The maximum atomic E-state index is 12.4. The molecule has 1 aliphatic rings. The van der Waals surface area contributed by atoms with Crippen LogP contribution in [-0.2, 0) is 17.8 Å². The number of nitrogens with zero attached hydrogens (tertiary/aromatic N) is 1. The standard InChI is InChI=1S/C20H25N3O2/c1-3-23(13-16-7-4-6-15-10-11-21-20(15)16)14-19(24)22-17-8-5-9-18(12-17)25-2/h4-9,12,21H,3,10-11,13-14H2,1-2H3,(H,22,24). The first kappa shape index (κ1) is 17.3. The minimum Gasteiger partial charge on any atom is -0.497 e. The summed E-state index contributed by atoms with van der Waals surface area (Å²) in [5.74, 6) is 0.715. The number of anilines is 2. The Labute approximate surface area is 149 Å². The van der Waals surface area contributed by atoms with Crippen LogP contribution in [0.2, 0.25) is 0 Å². The van der Waals surface area contributed by atoms with Crippen LogP contribution in [0.25, 0.3) is 0 Å². The quantitative estimate of drug-likeness (QED) is 0.814. The minimum atomic E-state index is -0.0179. The van der Waals surface area contributed by atoms with Crippen molar-refractivity contribution in [1.29, 1.82) is 0 Å². The van der Waals surface area contributed by atoms with Crippen molar-refractivity contribution in [2.45, 2.75) is 19.9 Å². The van der Waals surface area contributed by atoms with E-state index < -0.39 is 0 Å². The number of likely N-dealkylation sites (N-methyl/N-ethyl adjacent to an activating group) is 1. The summed E-state index contributed by atoms with van der Waals surface area (Å²) in [6.07, 6.45) is 1.08. The number of fused-ring (bicyclic) bond motifs is 1. The van der Waals surface area contributed by atoms with Gasteiger partial charge in [0.15, 0.2) is 0 Å². The first-order chi connectivity index (χ1) is 12.2. The molecule has 0 saturated heterocycles. The molecule has 3 rings (SSSR count). The lowest BCUT2D eigenvalue weighted by atomic mass is 10.1. The lowest BCUT2D eigenvalue weighted by Crippen LogP contribution is -2.33. The van der Waals surface area contributed by atoms with E-state index in [9.17, 15) is 4.79 Å². The smallest absolute Gasteiger partial charge is 0.238 e. The number of hydrogen-bond acceptors (Lipinski definition) is 4. The van der Waals surface area contributed by atoms with Crippen LogP contribution < -0.4 is 15.4 Å². The highest BCUT2D eigenvalue weighted by Gasteiger charge is 2.17. The van der Waals surface area contributed by atoms with Crippen LogP contribution in [0.15, 0.2) is 42.5 Å². The van der Waals surface area contributed by atoms with Gasteiger partial charge in [0.1, 0.15) is 5.75 Å². The van der Waals surface area contributed by atoms with Gasteiger partial charge in [0, 0.05) is 30.5 Å². The van der Waals surface area contributed by atoms with Crippen LogP contribution in [0.5, 0.6) is 5.75 Å². The maximum absolute atomic E-state index is 12.4. The first-order valence-electron chi connectivity index (χ1n) is 8.70. The summed E-state index contributed by atoms with van der Waals surface area (Å²) in [7, 11) is 1.62. The first-order valence-corrected chi connectivity index (χ1v) is 8.70. The fraction of sp³-hybridized carbons (Fsp3) is 0.350. The van der Waals surface area contributed by atoms with E-state index in [0.29, 0.717) is 6.54 Å². The Bertz CT molecular complexity index is 745. The number of rotatable bonds is 7. The Morgan fingerprint density at radius 1 is 1.28 bits per heavy atom. The van der Waals surface area contributed by atoms with Gasteiger partial charge in [-0.1, -0.05) is 31.2 Å². The molecule has 25 heavy (non-hydrogen) atoms. The molecule has 0 fully saturated rings. The van der Waals surface area contributed by atoms with E-state index in [0.717, 1.165) is 37.5 Å². The van der Waals surface area contributed by atoms with Crippen LogP contribution in [0, 0.1) is 0 Å². The monoisotopic (exact) mass is 339 g/mol. The van der Waals surface area contributed by atoms with Gasteiger partial charge in [-0.05, 0) is 36.2 Å². The molecule has 1 aliphatic heterocycles. The van der Waals surface area contributed by atoms with Gasteiger partial charge in [0.25, 0.3) is 0 Å². The number of ether oxygens (including phenoxy) is 1. The van der Waals surface area contributed by atoms with Gasteiger partial charge in [-0.25, -0.2) is 0 Å². The van der Waals surface area contributed by atoms with Crippen molar-refractivity contribution in [3.05, 3.63) is 53.6 Å². The number of amides is 1. The number of carbonyl (C=O) groups excluding carboxylic acids is 1. The fourth-order valence-corrected chi connectivity index (χ4v) is 3.17. The number of nitrogens with one attached hydrogen (secondary N) is 2. The van der Waals surface area contributed by atoms with Crippen LogP contribution in [-0.4, -0.2) is 37.6 Å². The van der Waals surface area contributed by atoms with Crippen molar-refractivity contribution in [3.63, 3.8) is 0 Å². The molecule has 2 aromatic carbocycles. The zero-order valence-corrected chi connectivity index (χ0v) is 14.8.